The molecule has 3 aromatic rings. The molecule has 7 heteroatoms. The maximum atomic E-state index is 12.6. The Balaban J connectivity index is 1.47. The van der Waals surface area contributed by atoms with Crippen molar-refractivity contribution >= 4 is 22.8 Å². The number of anilines is 1. The van der Waals surface area contributed by atoms with Gasteiger partial charge in [0.05, 0.1) is 12.4 Å². The van der Waals surface area contributed by atoms with Gasteiger partial charge in [0.25, 0.3) is 0 Å². The lowest BCUT2D eigenvalue weighted by atomic mass is 10.2. The Morgan fingerprint density at radius 3 is 3.21 bits per heavy atom. The number of rotatable bonds is 3. The molecular formula is C17H19N5O2. The summed E-state index contributed by atoms with van der Waals surface area (Å²) < 4.78 is 7.53. The summed E-state index contributed by atoms with van der Waals surface area (Å²) in [6.07, 6.45) is 7.50. The normalized spacial score (nSPS) is 17.5. The first-order valence-electron chi connectivity index (χ1n) is 8.09. The highest BCUT2D eigenvalue weighted by atomic mass is 16.3. The number of hydrogen-bond acceptors (Lipinski definition) is 4. The molecule has 1 aromatic carbocycles. The topological polar surface area (TPSA) is 76.2 Å². The van der Waals surface area contributed by atoms with Crippen LogP contribution in [-0.4, -0.2) is 38.1 Å². The average molecular weight is 325 g/mol. The van der Waals surface area contributed by atoms with Crippen molar-refractivity contribution in [3.05, 3.63) is 42.8 Å². The Morgan fingerprint density at radius 2 is 2.38 bits per heavy atom. The first-order valence-corrected chi connectivity index (χ1v) is 8.09. The summed E-state index contributed by atoms with van der Waals surface area (Å²) in [7, 11) is 0. The number of aryl methyl sites for hydroxylation is 1. The van der Waals surface area contributed by atoms with Gasteiger partial charge in [0.15, 0.2) is 11.5 Å². The Morgan fingerprint density at radius 1 is 1.46 bits per heavy atom. The molecule has 3 heterocycles. The summed E-state index contributed by atoms with van der Waals surface area (Å²) in [6.45, 7) is 3.35. The minimum absolute atomic E-state index is 0.0757. The van der Waals surface area contributed by atoms with Crippen molar-refractivity contribution in [3.63, 3.8) is 0 Å². The number of carbonyl (C=O) groups excluding carboxylic acids is 1. The maximum absolute atomic E-state index is 12.6. The van der Waals surface area contributed by atoms with Crippen LogP contribution in [0.3, 0.4) is 0 Å². The third-order valence-corrected chi connectivity index (χ3v) is 4.37. The van der Waals surface area contributed by atoms with E-state index in [0.29, 0.717) is 11.5 Å². The summed E-state index contributed by atoms with van der Waals surface area (Å²) >= 11 is 0. The van der Waals surface area contributed by atoms with Gasteiger partial charge in [0, 0.05) is 44.2 Å². The van der Waals surface area contributed by atoms with E-state index >= 15 is 0 Å². The number of fused-ring (bicyclic) bond motifs is 1. The third-order valence-electron chi connectivity index (χ3n) is 4.37. The standard InChI is InChI=1S/C17H19N5O2/c1-12-19-15-5-4-13(9-16(15)24-12)20-17(23)22-7-2-3-14(22)10-21-8-6-18-11-21/h4-6,8-9,11,14H,2-3,7,10H2,1H3,(H,20,23)/t14-/m1/s1. The fraction of sp³-hybridized carbons (Fsp3) is 0.353. The van der Waals surface area contributed by atoms with Gasteiger partial charge in [-0.25, -0.2) is 14.8 Å². The van der Waals surface area contributed by atoms with Crippen LogP contribution in [0, 0.1) is 6.92 Å². The molecule has 24 heavy (non-hydrogen) atoms. The predicted molar refractivity (Wildman–Crippen MR) is 89.7 cm³/mol. The molecule has 0 bridgehead atoms. The quantitative estimate of drug-likeness (QED) is 0.803. The number of oxazole rings is 1. The fourth-order valence-corrected chi connectivity index (χ4v) is 3.24. The minimum atomic E-state index is -0.0757. The van der Waals surface area contributed by atoms with Crippen LogP contribution in [0.15, 0.2) is 41.3 Å². The molecule has 1 saturated heterocycles. The number of hydrogen-bond donors (Lipinski definition) is 1. The van der Waals surface area contributed by atoms with Crippen molar-refractivity contribution < 1.29 is 9.21 Å². The number of aromatic nitrogens is 3. The third kappa shape index (κ3) is 2.84. The second-order valence-electron chi connectivity index (χ2n) is 6.09. The average Bonchev–Trinajstić information content (AvgIpc) is 3.27. The van der Waals surface area contributed by atoms with E-state index in [1.54, 1.807) is 12.5 Å². The summed E-state index contributed by atoms with van der Waals surface area (Å²) in [5.74, 6) is 0.619. The molecule has 0 saturated carbocycles. The van der Waals surface area contributed by atoms with E-state index in [9.17, 15) is 4.79 Å². The van der Waals surface area contributed by atoms with E-state index in [2.05, 4.69) is 15.3 Å². The molecule has 1 fully saturated rings. The smallest absolute Gasteiger partial charge is 0.322 e. The number of nitrogens with zero attached hydrogens (tertiary/aromatic N) is 4. The molecule has 1 aliphatic rings. The Kier molecular flexibility index (Phi) is 3.68. The monoisotopic (exact) mass is 325 g/mol. The van der Waals surface area contributed by atoms with Crippen molar-refractivity contribution in [2.24, 2.45) is 0 Å². The Hall–Kier alpha value is -2.83. The van der Waals surface area contributed by atoms with Crippen molar-refractivity contribution in [1.82, 2.24) is 19.4 Å². The number of urea groups is 1. The Labute approximate surface area is 139 Å². The predicted octanol–water partition coefficient (Wildman–Crippen LogP) is 3.03. The van der Waals surface area contributed by atoms with E-state index in [4.69, 9.17) is 4.42 Å². The zero-order valence-corrected chi connectivity index (χ0v) is 13.5. The number of carbonyl (C=O) groups is 1. The largest absolute Gasteiger partial charge is 0.441 e. The summed E-state index contributed by atoms with van der Waals surface area (Å²) in [4.78, 5) is 22.9. The fourth-order valence-electron chi connectivity index (χ4n) is 3.24. The van der Waals surface area contributed by atoms with E-state index in [1.807, 2.05) is 40.8 Å². The molecular weight excluding hydrogens is 306 g/mol. The molecule has 124 valence electrons. The van der Waals surface area contributed by atoms with Crippen LogP contribution in [0.4, 0.5) is 10.5 Å². The van der Waals surface area contributed by atoms with Crippen molar-refractivity contribution in [3.8, 4) is 0 Å². The van der Waals surface area contributed by atoms with Crippen LogP contribution < -0.4 is 5.32 Å². The second kappa shape index (κ2) is 5.99. The first kappa shape index (κ1) is 14.7. The van der Waals surface area contributed by atoms with Crippen LogP contribution >= 0.6 is 0 Å². The number of imidazole rings is 1. The molecule has 0 aliphatic carbocycles. The van der Waals surface area contributed by atoms with E-state index in [-0.39, 0.29) is 12.1 Å². The summed E-state index contributed by atoms with van der Waals surface area (Å²) in [5.41, 5.74) is 2.20. The van der Waals surface area contributed by atoms with Gasteiger partial charge in [-0.05, 0) is 25.0 Å². The van der Waals surface area contributed by atoms with Crippen LogP contribution in [0.1, 0.15) is 18.7 Å². The van der Waals surface area contributed by atoms with E-state index in [1.165, 1.54) is 0 Å². The molecule has 1 N–H and O–H groups in total. The highest BCUT2D eigenvalue weighted by Gasteiger charge is 2.29. The molecule has 4 rings (SSSR count). The van der Waals surface area contributed by atoms with Gasteiger partial charge >= 0.3 is 6.03 Å². The van der Waals surface area contributed by atoms with Gasteiger partial charge in [-0.3, -0.25) is 0 Å². The molecule has 2 amide bonds. The first-order chi connectivity index (χ1) is 11.7. The van der Waals surface area contributed by atoms with Gasteiger partial charge in [-0.1, -0.05) is 0 Å². The zero-order valence-electron chi connectivity index (χ0n) is 13.5. The molecule has 2 aromatic heterocycles. The molecule has 1 aliphatic heterocycles. The van der Waals surface area contributed by atoms with Crippen LogP contribution in [0.25, 0.3) is 11.1 Å². The molecule has 0 unspecified atom stereocenters. The van der Waals surface area contributed by atoms with Gasteiger partial charge < -0.3 is 19.2 Å². The highest BCUT2D eigenvalue weighted by molar-refractivity contribution is 5.91. The minimum Gasteiger partial charge on any atom is -0.441 e. The summed E-state index contributed by atoms with van der Waals surface area (Å²) in [6, 6.07) is 5.63. The molecule has 0 radical (unpaired) electrons. The van der Waals surface area contributed by atoms with Gasteiger partial charge in [0.1, 0.15) is 5.52 Å². The zero-order chi connectivity index (χ0) is 16.5. The van der Waals surface area contributed by atoms with Crippen molar-refractivity contribution in [1.29, 1.82) is 0 Å². The number of nitrogens with one attached hydrogen (secondary N) is 1. The molecule has 0 spiro atoms. The van der Waals surface area contributed by atoms with E-state index < -0.39 is 0 Å². The van der Waals surface area contributed by atoms with Crippen LogP contribution in [0.2, 0.25) is 0 Å². The van der Waals surface area contributed by atoms with Crippen molar-refractivity contribution in [2.45, 2.75) is 32.4 Å². The maximum Gasteiger partial charge on any atom is 0.322 e. The Bertz CT molecular complexity index is 855. The number of likely N-dealkylation sites (tertiary alicyclic amines) is 1. The van der Waals surface area contributed by atoms with E-state index in [0.717, 1.165) is 37.1 Å². The lowest BCUT2D eigenvalue weighted by molar-refractivity contribution is 0.201. The van der Waals surface area contributed by atoms with Crippen LogP contribution in [-0.2, 0) is 6.54 Å². The lowest BCUT2D eigenvalue weighted by Gasteiger charge is -2.25. The number of benzene rings is 1. The summed E-state index contributed by atoms with van der Waals surface area (Å²) in [5, 5.41) is 2.97. The van der Waals surface area contributed by atoms with Crippen LogP contribution in [0.5, 0.6) is 0 Å². The van der Waals surface area contributed by atoms with Gasteiger partial charge in [-0.15, -0.1) is 0 Å². The van der Waals surface area contributed by atoms with Gasteiger partial charge in [-0.2, -0.15) is 0 Å². The van der Waals surface area contributed by atoms with Crippen molar-refractivity contribution in [2.75, 3.05) is 11.9 Å². The molecule has 7 nitrogen and oxygen atoms in total. The number of amides is 2. The SMILES string of the molecule is Cc1nc2ccc(NC(=O)N3CCC[C@@H]3Cn3ccnc3)cc2o1. The highest BCUT2D eigenvalue weighted by Crippen LogP contribution is 2.23. The molecule has 1 atom stereocenters. The van der Waals surface area contributed by atoms with Gasteiger partial charge in [0.2, 0.25) is 0 Å². The lowest BCUT2D eigenvalue weighted by Crippen LogP contribution is -2.40. The second-order valence-corrected chi connectivity index (χ2v) is 6.09.